The topological polar surface area (TPSA) is 28.6 Å². The molecule has 28 heavy (non-hydrogen) atoms. The molecule has 152 valence electrons. The van der Waals surface area contributed by atoms with Gasteiger partial charge in [-0.15, -0.1) is 11.3 Å². The largest absolute Gasteiger partial charge is 0.490 e. The Morgan fingerprint density at radius 1 is 1.25 bits per heavy atom. The molecule has 2 aromatic rings. The van der Waals surface area contributed by atoms with Crippen LogP contribution in [0, 0.1) is 6.92 Å². The number of alkyl halides is 2. The van der Waals surface area contributed by atoms with Crippen LogP contribution in [0.15, 0.2) is 36.7 Å². The molecule has 0 radical (unpaired) electrons. The van der Waals surface area contributed by atoms with Crippen LogP contribution in [-0.4, -0.2) is 59.0 Å². The van der Waals surface area contributed by atoms with E-state index in [1.807, 2.05) is 22.3 Å². The van der Waals surface area contributed by atoms with Crippen molar-refractivity contribution >= 4 is 11.3 Å². The van der Waals surface area contributed by atoms with Crippen molar-refractivity contribution in [3.63, 3.8) is 0 Å². The highest BCUT2D eigenvalue weighted by Crippen LogP contribution is 2.36. The lowest BCUT2D eigenvalue weighted by Gasteiger charge is -2.39. The number of aromatic nitrogens is 1. The predicted molar refractivity (Wildman–Crippen MR) is 107 cm³/mol. The summed E-state index contributed by atoms with van der Waals surface area (Å²) in [6.45, 7) is 5.15. The van der Waals surface area contributed by atoms with E-state index in [4.69, 9.17) is 4.74 Å². The molecule has 0 spiro atoms. The van der Waals surface area contributed by atoms with Crippen LogP contribution in [0.3, 0.4) is 0 Å². The van der Waals surface area contributed by atoms with Gasteiger partial charge in [-0.1, -0.05) is 0 Å². The minimum absolute atomic E-state index is 0.123. The maximum absolute atomic E-state index is 14.2. The number of nitrogens with zero attached hydrogens (tertiary/aromatic N) is 3. The Labute approximate surface area is 169 Å². The molecule has 2 fully saturated rings. The number of likely N-dealkylation sites (tertiary alicyclic amines) is 2. The van der Waals surface area contributed by atoms with E-state index in [-0.39, 0.29) is 31.7 Å². The number of aryl methyl sites for hydroxylation is 1. The Morgan fingerprint density at radius 3 is 2.75 bits per heavy atom. The highest BCUT2D eigenvalue weighted by atomic mass is 32.1. The summed E-state index contributed by atoms with van der Waals surface area (Å²) in [5.74, 6) is -1.99. The molecular weight excluding hydrogens is 380 g/mol. The normalized spacial score (nSPS) is 23.9. The highest BCUT2D eigenvalue weighted by Gasteiger charge is 2.47. The molecule has 4 rings (SSSR count). The summed E-state index contributed by atoms with van der Waals surface area (Å²) in [7, 11) is 0. The number of halogens is 2. The van der Waals surface area contributed by atoms with E-state index < -0.39 is 5.92 Å². The third kappa shape index (κ3) is 4.88. The van der Waals surface area contributed by atoms with Gasteiger partial charge in [-0.25, -0.2) is 8.78 Å². The van der Waals surface area contributed by atoms with Gasteiger partial charge in [0.25, 0.3) is 5.92 Å². The van der Waals surface area contributed by atoms with Crippen molar-refractivity contribution in [3.8, 4) is 5.75 Å². The Bertz CT molecular complexity index is 762. The summed E-state index contributed by atoms with van der Waals surface area (Å²) in [5.41, 5.74) is 0. The van der Waals surface area contributed by atoms with Gasteiger partial charge in [-0.2, -0.15) is 0 Å². The molecule has 2 aliphatic rings. The molecule has 2 aromatic heterocycles. The van der Waals surface area contributed by atoms with Crippen LogP contribution in [0.25, 0.3) is 0 Å². The molecule has 0 N–H and O–H groups in total. The van der Waals surface area contributed by atoms with Gasteiger partial charge >= 0.3 is 0 Å². The fourth-order valence-electron chi connectivity index (χ4n) is 4.33. The predicted octanol–water partition coefficient (Wildman–Crippen LogP) is 4.20. The van der Waals surface area contributed by atoms with Gasteiger partial charge in [0.15, 0.2) is 0 Å². The van der Waals surface area contributed by atoms with Crippen LogP contribution in [0.4, 0.5) is 8.78 Å². The van der Waals surface area contributed by atoms with E-state index in [1.54, 1.807) is 18.5 Å². The molecular formula is C21H27F2N3OS. The fourth-order valence-corrected chi connectivity index (χ4v) is 5.26. The lowest BCUT2D eigenvalue weighted by Crippen LogP contribution is -2.48. The smallest absolute Gasteiger partial charge is 0.262 e. The lowest BCUT2D eigenvalue weighted by atomic mass is 10.0. The summed E-state index contributed by atoms with van der Waals surface area (Å²) in [6.07, 6.45) is 5.05. The molecule has 4 heterocycles. The average Bonchev–Trinajstić information content (AvgIpc) is 3.23. The van der Waals surface area contributed by atoms with Gasteiger partial charge in [-0.3, -0.25) is 14.8 Å². The van der Waals surface area contributed by atoms with Crippen LogP contribution >= 0.6 is 11.3 Å². The average molecular weight is 408 g/mol. The fraction of sp³-hybridized carbons (Fsp3) is 0.571. The van der Waals surface area contributed by atoms with Crippen LogP contribution in [0.5, 0.6) is 5.75 Å². The van der Waals surface area contributed by atoms with Crippen molar-refractivity contribution < 1.29 is 13.5 Å². The minimum atomic E-state index is -2.63. The molecule has 0 unspecified atom stereocenters. The van der Waals surface area contributed by atoms with E-state index in [2.05, 4.69) is 28.9 Å². The minimum Gasteiger partial charge on any atom is -0.490 e. The molecule has 2 aliphatic heterocycles. The second-order valence-corrected chi connectivity index (χ2v) is 9.28. The number of ether oxygens (including phenoxy) is 1. The first kappa shape index (κ1) is 19.7. The molecule has 0 saturated carbocycles. The standard InChI is InChI=1S/C21H27F2N3OS/c1-16-4-5-20(28-16)13-25-9-6-17(7-10-25)26-15-21(22,23)11-18(26)14-27-19-3-2-8-24-12-19/h2-5,8,12,17-18H,6-7,9-11,13-15H2,1H3/t18-/m0/s1. The maximum Gasteiger partial charge on any atom is 0.262 e. The third-order valence-corrected chi connectivity index (χ3v) is 6.68. The summed E-state index contributed by atoms with van der Waals surface area (Å²) in [4.78, 5) is 11.2. The van der Waals surface area contributed by atoms with E-state index in [9.17, 15) is 8.78 Å². The van der Waals surface area contributed by atoms with Crippen LogP contribution < -0.4 is 4.74 Å². The zero-order valence-electron chi connectivity index (χ0n) is 16.2. The van der Waals surface area contributed by atoms with E-state index >= 15 is 0 Å². The lowest BCUT2D eigenvalue weighted by molar-refractivity contribution is 0.00273. The quantitative estimate of drug-likeness (QED) is 0.717. The van der Waals surface area contributed by atoms with Gasteiger partial charge < -0.3 is 4.74 Å². The zero-order chi connectivity index (χ0) is 19.6. The molecule has 0 aromatic carbocycles. The van der Waals surface area contributed by atoms with Crippen LogP contribution in [0.2, 0.25) is 0 Å². The van der Waals surface area contributed by atoms with Gasteiger partial charge in [0.1, 0.15) is 12.4 Å². The molecule has 4 nitrogen and oxygen atoms in total. The maximum atomic E-state index is 14.2. The molecule has 0 bridgehead atoms. The van der Waals surface area contributed by atoms with Crippen molar-refractivity contribution in [1.82, 2.24) is 14.8 Å². The Balaban J connectivity index is 1.32. The summed E-state index contributed by atoms with van der Waals surface area (Å²) >= 11 is 1.84. The van der Waals surface area contributed by atoms with Gasteiger partial charge in [-0.05, 0) is 44.0 Å². The van der Waals surface area contributed by atoms with E-state index in [1.165, 1.54) is 9.75 Å². The first-order valence-corrected chi connectivity index (χ1v) is 10.7. The Kier molecular flexibility index (Phi) is 5.94. The van der Waals surface area contributed by atoms with E-state index in [0.29, 0.717) is 5.75 Å². The van der Waals surface area contributed by atoms with Gasteiger partial charge in [0.2, 0.25) is 0 Å². The molecule has 7 heteroatoms. The SMILES string of the molecule is Cc1ccc(CN2CCC(N3CC(F)(F)C[C@H]3COc3cccnc3)CC2)s1. The highest BCUT2D eigenvalue weighted by molar-refractivity contribution is 7.11. The number of pyridine rings is 1. The number of thiophene rings is 1. The number of hydrogen-bond donors (Lipinski definition) is 0. The first-order valence-electron chi connectivity index (χ1n) is 9.93. The van der Waals surface area contributed by atoms with Crippen molar-refractivity contribution in [3.05, 3.63) is 46.4 Å². The van der Waals surface area contributed by atoms with Crippen molar-refractivity contribution in [1.29, 1.82) is 0 Å². The molecule has 0 amide bonds. The Hall–Kier alpha value is -1.57. The first-order chi connectivity index (χ1) is 13.5. The summed E-state index contributed by atoms with van der Waals surface area (Å²) < 4.78 is 34.1. The van der Waals surface area contributed by atoms with Gasteiger partial charge in [0.05, 0.1) is 18.8 Å². The molecule has 1 atom stereocenters. The van der Waals surface area contributed by atoms with Crippen molar-refractivity contribution in [2.24, 2.45) is 0 Å². The van der Waals surface area contributed by atoms with Crippen LogP contribution in [0.1, 0.15) is 29.0 Å². The second kappa shape index (κ2) is 8.43. The number of piperidine rings is 1. The molecule has 0 aliphatic carbocycles. The second-order valence-electron chi connectivity index (χ2n) is 7.91. The van der Waals surface area contributed by atoms with Crippen molar-refractivity contribution in [2.75, 3.05) is 26.2 Å². The zero-order valence-corrected chi connectivity index (χ0v) is 17.0. The van der Waals surface area contributed by atoms with E-state index in [0.717, 1.165) is 32.5 Å². The molecule has 2 saturated heterocycles. The number of hydrogen-bond acceptors (Lipinski definition) is 5. The monoisotopic (exact) mass is 407 g/mol. The third-order valence-electron chi connectivity index (χ3n) is 5.70. The van der Waals surface area contributed by atoms with Gasteiger partial charge in [0, 0.05) is 48.0 Å². The number of rotatable bonds is 6. The van der Waals surface area contributed by atoms with Crippen molar-refractivity contribution in [2.45, 2.75) is 50.7 Å². The summed E-state index contributed by atoms with van der Waals surface area (Å²) in [5, 5.41) is 0. The summed E-state index contributed by atoms with van der Waals surface area (Å²) in [6, 6.07) is 7.92. The van der Waals surface area contributed by atoms with Crippen LogP contribution in [-0.2, 0) is 6.54 Å². The Morgan fingerprint density at radius 2 is 2.07 bits per heavy atom.